The molecule has 0 aromatic heterocycles. The second-order valence-electron chi connectivity index (χ2n) is 3.96. The molecule has 0 radical (unpaired) electrons. The monoisotopic (exact) mass is 240 g/mol. The van der Waals surface area contributed by atoms with E-state index in [2.05, 4.69) is 0 Å². The van der Waals surface area contributed by atoms with Gasteiger partial charge in [-0.05, 0) is 19.1 Å². The zero-order valence-electron chi connectivity index (χ0n) is 9.83. The number of aliphatic hydroxyl groups is 2. The number of rotatable bonds is 5. The molecule has 6 heteroatoms. The second kappa shape index (κ2) is 5.60. The Morgan fingerprint density at radius 1 is 1.53 bits per heavy atom. The topological polar surface area (TPSA) is 86.8 Å². The zero-order chi connectivity index (χ0) is 13.0. The number of anilines is 1. The lowest BCUT2D eigenvalue weighted by Crippen LogP contribution is -2.26. The molecular weight excluding hydrogens is 224 g/mol. The van der Waals surface area contributed by atoms with E-state index in [-0.39, 0.29) is 17.9 Å². The summed E-state index contributed by atoms with van der Waals surface area (Å²) < 4.78 is 0. The third-order valence-corrected chi connectivity index (χ3v) is 2.41. The Balaban J connectivity index is 3.00. The minimum Gasteiger partial charge on any atom is -0.392 e. The van der Waals surface area contributed by atoms with Crippen molar-refractivity contribution in [3.63, 3.8) is 0 Å². The quantitative estimate of drug-likeness (QED) is 0.590. The number of aliphatic hydroxyl groups excluding tert-OH is 2. The molecule has 0 bridgehead atoms. The number of nitro groups is 1. The van der Waals surface area contributed by atoms with Crippen LogP contribution in [0.2, 0.25) is 0 Å². The van der Waals surface area contributed by atoms with Gasteiger partial charge < -0.3 is 15.1 Å². The van der Waals surface area contributed by atoms with Gasteiger partial charge in [-0.25, -0.2) is 0 Å². The van der Waals surface area contributed by atoms with Crippen LogP contribution in [0.4, 0.5) is 11.4 Å². The van der Waals surface area contributed by atoms with Crippen molar-refractivity contribution in [2.45, 2.75) is 19.6 Å². The van der Waals surface area contributed by atoms with Crippen molar-refractivity contribution in [2.24, 2.45) is 0 Å². The van der Waals surface area contributed by atoms with Crippen LogP contribution in [0.15, 0.2) is 18.2 Å². The Labute approximate surface area is 99.3 Å². The summed E-state index contributed by atoms with van der Waals surface area (Å²) in [6.45, 7) is 1.70. The molecule has 1 unspecified atom stereocenters. The average molecular weight is 240 g/mol. The summed E-state index contributed by atoms with van der Waals surface area (Å²) in [6, 6.07) is 4.51. The van der Waals surface area contributed by atoms with Gasteiger partial charge in [0.25, 0.3) is 5.69 Å². The van der Waals surface area contributed by atoms with Gasteiger partial charge >= 0.3 is 0 Å². The number of hydrogen-bond acceptors (Lipinski definition) is 5. The standard InChI is InChI=1S/C11H16N2O4/c1-8(15)6-12(2)10-3-4-11(13(16)17)9(5-10)7-14/h3-5,8,14-15H,6-7H2,1-2H3. The van der Waals surface area contributed by atoms with Crippen molar-refractivity contribution < 1.29 is 15.1 Å². The van der Waals surface area contributed by atoms with Crippen LogP contribution in [-0.4, -0.2) is 34.8 Å². The van der Waals surface area contributed by atoms with E-state index in [1.54, 1.807) is 31.0 Å². The summed E-state index contributed by atoms with van der Waals surface area (Å²) in [6.07, 6.45) is -0.493. The molecule has 6 nitrogen and oxygen atoms in total. The highest BCUT2D eigenvalue weighted by Crippen LogP contribution is 2.24. The maximum atomic E-state index is 10.7. The van der Waals surface area contributed by atoms with Gasteiger partial charge in [0, 0.05) is 25.3 Å². The van der Waals surface area contributed by atoms with Crippen LogP contribution in [0.1, 0.15) is 12.5 Å². The molecule has 0 saturated carbocycles. The third-order valence-electron chi connectivity index (χ3n) is 2.41. The van der Waals surface area contributed by atoms with Gasteiger partial charge in [0.2, 0.25) is 0 Å². The van der Waals surface area contributed by atoms with Crippen LogP contribution in [0.5, 0.6) is 0 Å². The van der Waals surface area contributed by atoms with E-state index in [1.165, 1.54) is 6.07 Å². The summed E-state index contributed by atoms with van der Waals surface area (Å²) in [7, 11) is 1.77. The van der Waals surface area contributed by atoms with Gasteiger partial charge in [-0.1, -0.05) is 0 Å². The van der Waals surface area contributed by atoms with Crippen LogP contribution < -0.4 is 4.90 Å². The van der Waals surface area contributed by atoms with Crippen LogP contribution in [-0.2, 0) is 6.61 Å². The van der Waals surface area contributed by atoms with Crippen molar-refractivity contribution in [1.29, 1.82) is 0 Å². The van der Waals surface area contributed by atoms with E-state index in [0.717, 1.165) is 5.69 Å². The summed E-state index contributed by atoms with van der Waals surface area (Å²) in [5, 5.41) is 29.0. The van der Waals surface area contributed by atoms with Gasteiger partial charge in [0.15, 0.2) is 0 Å². The molecular formula is C11H16N2O4. The fraction of sp³-hybridized carbons (Fsp3) is 0.455. The summed E-state index contributed by atoms with van der Waals surface area (Å²) >= 11 is 0. The highest BCUT2D eigenvalue weighted by Gasteiger charge is 2.15. The van der Waals surface area contributed by atoms with Gasteiger partial charge in [0.1, 0.15) is 0 Å². The number of hydrogen-bond donors (Lipinski definition) is 2. The minimum atomic E-state index is -0.524. The second-order valence-corrected chi connectivity index (χ2v) is 3.96. The first-order valence-electron chi connectivity index (χ1n) is 5.23. The Morgan fingerprint density at radius 2 is 2.18 bits per heavy atom. The van der Waals surface area contributed by atoms with Crippen LogP contribution in [0.3, 0.4) is 0 Å². The molecule has 0 spiro atoms. The SMILES string of the molecule is CC(O)CN(C)c1ccc([N+](=O)[O-])c(CO)c1. The number of nitrogens with zero attached hydrogens (tertiary/aromatic N) is 2. The van der Waals surface area contributed by atoms with E-state index in [0.29, 0.717) is 6.54 Å². The molecule has 0 heterocycles. The van der Waals surface area contributed by atoms with Crippen molar-refractivity contribution in [2.75, 3.05) is 18.5 Å². The van der Waals surface area contributed by atoms with Crippen molar-refractivity contribution in [1.82, 2.24) is 0 Å². The molecule has 1 aromatic rings. The first kappa shape index (κ1) is 13.4. The predicted molar refractivity (Wildman–Crippen MR) is 64.0 cm³/mol. The van der Waals surface area contributed by atoms with Gasteiger partial charge in [-0.2, -0.15) is 0 Å². The van der Waals surface area contributed by atoms with Crippen molar-refractivity contribution in [3.05, 3.63) is 33.9 Å². The predicted octanol–water partition coefficient (Wildman–Crippen LogP) is 0.904. The van der Waals surface area contributed by atoms with Crippen LogP contribution >= 0.6 is 0 Å². The maximum absolute atomic E-state index is 10.7. The lowest BCUT2D eigenvalue weighted by Gasteiger charge is -2.21. The van der Waals surface area contributed by atoms with Crippen molar-refractivity contribution in [3.8, 4) is 0 Å². The molecule has 17 heavy (non-hydrogen) atoms. The van der Waals surface area contributed by atoms with Crippen molar-refractivity contribution >= 4 is 11.4 Å². The fourth-order valence-corrected chi connectivity index (χ4v) is 1.62. The molecule has 0 fully saturated rings. The summed E-state index contributed by atoms with van der Waals surface area (Å²) in [5.74, 6) is 0. The summed E-state index contributed by atoms with van der Waals surface area (Å²) in [5.41, 5.74) is 0.896. The van der Waals surface area contributed by atoms with Crippen LogP contribution in [0, 0.1) is 10.1 Å². The molecule has 94 valence electrons. The van der Waals surface area contributed by atoms with Gasteiger partial charge in [-0.15, -0.1) is 0 Å². The molecule has 0 amide bonds. The number of likely N-dealkylation sites (N-methyl/N-ethyl adjacent to an activating group) is 1. The molecule has 1 atom stereocenters. The molecule has 0 saturated heterocycles. The molecule has 0 aliphatic heterocycles. The average Bonchev–Trinajstić information content (AvgIpc) is 2.27. The first-order chi connectivity index (χ1) is 7.95. The number of nitro benzene ring substituents is 1. The molecule has 2 N–H and O–H groups in total. The Hall–Kier alpha value is -1.66. The molecule has 1 rings (SSSR count). The van der Waals surface area contributed by atoms with Gasteiger partial charge in [-0.3, -0.25) is 10.1 Å². The van der Waals surface area contributed by atoms with E-state index < -0.39 is 11.0 Å². The zero-order valence-corrected chi connectivity index (χ0v) is 9.83. The van der Waals surface area contributed by atoms with E-state index in [9.17, 15) is 15.2 Å². The van der Waals surface area contributed by atoms with E-state index >= 15 is 0 Å². The fourth-order valence-electron chi connectivity index (χ4n) is 1.62. The highest BCUT2D eigenvalue weighted by atomic mass is 16.6. The van der Waals surface area contributed by atoms with Crippen LogP contribution in [0.25, 0.3) is 0 Å². The molecule has 1 aromatic carbocycles. The maximum Gasteiger partial charge on any atom is 0.275 e. The van der Waals surface area contributed by atoms with E-state index in [1.807, 2.05) is 0 Å². The Morgan fingerprint density at radius 3 is 2.65 bits per heavy atom. The Kier molecular flexibility index (Phi) is 4.42. The third kappa shape index (κ3) is 3.40. The Bertz CT molecular complexity index is 406. The smallest absolute Gasteiger partial charge is 0.275 e. The van der Waals surface area contributed by atoms with Gasteiger partial charge in [0.05, 0.1) is 23.2 Å². The lowest BCUT2D eigenvalue weighted by molar-refractivity contribution is -0.385. The lowest BCUT2D eigenvalue weighted by atomic mass is 10.1. The first-order valence-corrected chi connectivity index (χ1v) is 5.23. The summed E-state index contributed by atoms with van der Waals surface area (Å²) in [4.78, 5) is 11.9. The highest BCUT2D eigenvalue weighted by molar-refractivity contribution is 5.55. The normalized spacial score (nSPS) is 12.2. The minimum absolute atomic E-state index is 0.0957. The molecule has 0 aliphatic carbocycles. The number of benzene rings is 1. The van der Waals surface area contributed by atoms with E-state index in [4.69, 9.17) is 5.11 Å². The molecule has 0 aliphatic rings. The largest absolute Gasteiger partial charge is 0.392 e.